The molecule has 4 bridgehead atoms. The predicted octanol–water partition coefficient (Wildman–Crippen LogP) is 3.15. The van der Waals surface area contributed by atoms with Crippen molar-refractivity contribution in [2.75, 3.05) is 26.2 Å². The van der Waals surface area contributed by atoms with Crippen LogP contribution in [0, 0.1) is 23.2 Å². The summed E-state index contributed by atoms with van der Waals surface area (Å²) in [6, 6.07) is 6.99. The lowest BCUT2D eigenvalue weighted by molar-refractivity contribution is -0.119. The Morgan fingerprint density at radius 3 is 2.39 bits per heavy atom. The zero-order valence-electron chi connectivity index (χ0n) is 22.4. The molecule has 4 saturated carbocycles. The highest BCUT2D eigenvalue weighted by Gasteiger charge is 2.51. The molecule has 38 heavy (non-hydrogen) atoms. The quantitative estimate of drug-likeness (QED) is 0.396. The number of ether oxygens (including phenoxy) is 1. The van der Waals surface area contributed by atoms with E-state index in [4.69, 9.17) is 4.74 Å². The van der Waals surface area contributed by atoms with Crippen molar-refractivity contribution in [3.8, 4) is 0 Å². The van der Waals surface area contributed by atoms with E-state index in [1.54, 1.807) is 12.1 Å². The summed E-state index contributed by atoms with van der Waals surface area (Å²) < 4.78 is 5.68. The lowest BCUT2D eigenvalue weighted by Gasteiger charge is -2.56. The van der Waals surface area contributed by atoms with Gasteiger partial charge < -0.3 is 20.7 Å². The van der Waals surface area contributed by atoms with Gasteiger partial charge in [0.2, 0.25) is 5.91 Å². The average Bonchev–Trinajstić information content (AvgIpc) is 2.90. The second-order valence-corrected chi connectivity index (χ2v) is 12.0. The number of amides is 3. The Kier molecular flexibility index (Phi) is 8.19. The number of aryl methyl sites for hydroxylation is 1. The summed E-state index contributed by atoms with van der Waals surface area (Å²) in [6.07, 6.45) is 9.22. The molecule has 1 aromatic rings. The summed E-state index contributed by atoms with van der Waals surface area (Å²) in [5.74, 6) is 2.75. The fourth-order valence-electron chi connectivity index (χ4n) is 7.22. The summed E-state index contributed by atoms with van der Waals surface area (Å²) in [7, 11) is 0. The molecular weight excluding hydrogens is 482 g/mol. The van der Waals surface area contributed by atoms with E-state index in [9.17, 15) is 14.4 Å². The molecule has 0 unspecified atom stereocenters. The second kappa shape index (κ2) is 11.7. The number of nitrogens with zero attached hydrogens (tertiary/aromatic N) is 1. The van der Waals surface area contributed by atoms with Gasteiger partial charge in [-0.1, -0.05) is 12.1 Å². The van der Waals surface area contributed by atoms with Crippen LogP contribution in [0.2, 0.25) is 0 Å². The van der Waals surface area contributed by atoms with Crippen LogP contribution in [0.5, 0.6) is 0 Å². The molecule has 9 heteroatoms. The van der Waals surface area contributed by atoms with Crippen molar-refractivity contribution in [2.24, 2.45) is 28.2 Å². The maximum absolute atomic E-state index is 12.6. The van der Waals surface area contributed by atoms with E-state index in [-0.39, 0.29) is 23.3 Å². The standard InChI is InChI=1S/C29H41N5O4/c1-19(33-28(37)38-18-29-14-21-11-22(15-29)13-23(12-21)16-29)17-32-26(36)24-6-3-20(4-7-24)5-8-25(35)34-27-30-9-2-10-31-27/h3-4,6-7,19,21-23H,2,5,8-18H2,1H3,(H,32,36)(H,33,37)(H2,30,31,34,35)/t19-,21?,22?,23?,29?/m0/s1. The Bertz CT molecular complexity index is 1020. The third-order valence-electron chi connectivity index (χ3n) is 8.62. The molecule has 4 N–H and O–H groups in total. The number of guanidine groups is 1. The number of hydrogen-bond acceptors (Lipinski definition) is 6. The molecule has 5 aliphatic rings. The first-order chi connectivity index (χ1) is 18.4. The van der Waals surface area contributed by atoms with E-state index < -0.39 is 6.09 Å². The van der Waals surface area contributed by atoms with Crippen molar-refractivity contribution in [2.45, 2.75) is 70.8 Å². The number of nitrogens with one attached hydrogen (secondary N) is 4. The van der Waals surface area contributed by atoms with Crippen LogP contribution in [0.15, 0.2) is 29.3 Å². The van der Waals surface area contributed by atoms with Crippen molar-refractivity contribution < 1.29 is 19.1 Å². The summed E-state index contributed by atoms with van der Waals surface area (Å²) >= 11 is 0. The van der Waals surface area contributed by atoms with Crippen molar-refractivity contribution in [1.82, 2.24) is 21.3 Å². The number of rotatable bonds is 9. The average molecular weight is 524 g/mol. The van der Waals surface area contributed by atoms with E-state index in [1.807, 2.05) is 19.1 Å². The van der Waals surface area contributed by atoms with E-state index in [0.717, 1.165) is 42.8 Å². The van der Waals surface area contributed by atoms with Crippen LogP contribution in [0.1, 0.15) is 74.2 Å². The maximum Gasteiger partial charge on any atom is 0.407 e. The highest BCUT2D eigenvalue weighted by Crippen LogP contribution is 2.60. The minimum absolute atomic E-state index is 0.0853. The first-order valence-electron chi connectivity index (χ1n) is 14.2. The first-order valence-corrected chi connectivity index (χ1v) is 14.2. The van der Waals surface area contributed by atoms with Gasteiger partial charge in [-0.05, 0) is 93.7 Å². The number of alkyl carbamates (subject to hydrolysis) is 1. The van der Waals surface area contributed by atoms with Crippen LogP contribution in [0.4, 0.5) is 4.79 Å². The van der Waals surface area contributed by atoms with E-state index >= 15 is 0 Å². The molecule has 1 aromatic carbocycles. The van der Waals surface area contributed by atoms with Crippen LogP contribution in [0.3, 0.4) is 0 Å². The summed E-state index contributed by atoms with van der Waals surface area (Å²) in [6.45, 7) is 4.23. The zero-order valence-corrected chi connectivity index (χ0v) is 22.4. The Hall–Kier alpha value is -3.10. The number of hydrogen-bond donors (Lipinski definition) is 4. The van der Waals surface area contributed by atoms with Crippen LogP contribution >= 0.6 is 0 Å². The summed E-state index contributed by atoms with van der Waals surface area (Å²) in [4.78, 5) is 41.4. The highest BCUT2D eigenvalue weighted by atomic mass is 16.5. The first kappa shape index (κ1) is 26.5. The van der Waals surface area contributed by atoms with Gasteiger partial charge in [0.25, 0.3) is 5.91 Å². The summed E-state index contributed by atoms with van der Waals surface area (Å²) in [5.41, 5.74) is 1.71. The third-order valence-corrected chi connectivity index (χ3v) is 8.62. The molecule has 1 aliphatic heterocycles. The molecule has 4 fully saturated rings. The van der Waals surface area contributed by atoms with Gasteiger partial charge in [-0.15, -0.1) is 0 Å². The molecule has 6 rings (SSSR count). The number of benzene rings is 1. The summed E-state index contributed by atoms with van der Waals surface area (Å²) in [5, 5.41) is 11.6. The van der Waals surface area contributed by atoms with Gasteiger partial charge in [-0.3, -0.25) is 19.9 Å². The van der Waals surface area contributed by atoms with Gasteiger partial charge in [0, 0.05) is 43.1 Å². The van der Waals surface area contributed by atoms with Gasteiger partial charge in [-0.25, -0.2) is 4.79 Å². The van der Waals surface area contributed by atoms with Gasteiger partial charge in [0.15, 0.2) is 5.96 Å². The lowest BCUT2D eigenvalue weighted by atomic mass is 9.50. The van der Waals surface area contributed by atoms with Crippen LogP contribution < -0.4 is 21.3 Å². The fourth-order valence-corrected chi connectivity index (χ4v) is 7.22. The van der Waals surface area contributed by atoms with Crippen molar-refractivity contribution in [3.05, 3.63) is 35.4 Å². The topological polar surface area (TPSA) is 121 Å². The van der Waals surface area contributed by atoms with Crippen LogP contribution in [-0.2, 0) is 16.0 Å². The molecule has 1 atom stereocenters. The van der Waals surface area contributed by atoms with Gasteiger partial charge >= 0.3 is 6.09 Å². The Morgan fingerprint density at radius 1 is 1.08 bits per heavy atom. The minimum atomic E-state index is -0.401. The third kappa shape index (κ3) is 6.85. The van der Waals surface area contributed by atoms with Gasteiger partial charge in [0.05, 0.1) is 6.61 Å². The number of carbonyl (C=O) groups is 3. The van der Waals surface area contributed by atoms with E-state index in [1.165, 1.54) is 38.5 Å². The van der Waals surface area contributed by atoms with E-state index in [0.29, 0.717) is 37.5 Å². The Morgan fingerprint density at radius 2 is 1.76 bits per heavy atom. The molecule has 4 aliphatic carbocycles. The van der Waals surface area contributed by atoms with Gasteiger partial charge in [0.1, 0.15) is 0 Å². The van der Waals surface area contributed by atoms with Crippen LogP contribution in [-0.4, -0.2) is 56.2 Å². The smallest absolute Gasteiger partial charge is 0.407 e. The van der Waals surface area contributed by atoms with Crippen molar-refractivity contribution >= 4 is 23.9 Å². The van der Waals surface area contributed by atoms with Crippen molar-refractivity contribution in [1.29, 1.82) is 0 Å². The fraction of sp³-hybridized carbons (Fsp3) is 0.655. The molecule has 1 heterocycles. The van der Waals surface area contributed by atoms with Gasteiger partial charge in [-0.2, -0.15) is 0 Å². The largest absolute Gasteiger partial charge is 0.449 e. The normalized spacial score (nSPS) is 28.0. The molecule has 206 valence electrons. The number of aliphatic imine (C=N–C) groups is 1. The predicted molar refractivity (Wildman–Crippen MR) is 145 cm³/mol. The molecule has 9 nitrogen and oxygen atoms in total. The molecule has 0 saturated heterocycles. The molecule has 3 amide bonds. The van der Waals surface area contributed by atoms with Crippen LogP contribution in [0.25, 0.3) is 0 Å². The highest BCUT2D eigenvalue weighted by molar-refractivity contribution is 5.97. The molecular formula is C29H41N5O4. The van der Waals surface area contributed by atoms with Crippen molar-refractivity contribution in [3.63, 3.8) is 0 Å². The Balaban J connectivity index is 0.988. The minimum Gasteiger partial charge on any atom is -0.449 e. The Labute approximate surface area is 224 Å². The monoisotopic (exact) mass is 523 g/mol. The molecule has 0 aromatic heterocycles. The number of carbonyl (C=O) groups excluding carboxylic acids is 3. The van der Waals surface area contributed by atoms with E-state index in [2.05, 4.69) is 26.3 Å². The maximum atomic E-state index is 12.6. The lowest BCUT2D eigenvalue weighted by Crippen LogP contribution is -2.49. The zero-order chi connectivity index (χ0) is 26.5. The second-order valence-electron chi connectivity index (χ2n) is 12.0. The molecule has 0 spiro atoms. The SMILES string of the molecule is C[C@@H](CNC(=O)c1ccc(CCC(=O)NC2=NCCCN2)cc1)NC(=O)OCC12CC3CC(CC(C3)C1)C2. The molecule has 0 radical (unpaired) electrons.